The predicted octanol–water partition coefficient (Wildman–Crippen LogP) is 3.38. The van der Waals surface area contributed by atoms with E-state index in [-0.39, 0.29) is 5.75 Å². The van der Waals surface area contributed by atoms with Gasteiger partial charge in [0, 0.05) is 5.56 Å². The predicted molar refractivity (Wildman–Crippen MR) is 75.4 cm³/mol. The summed E-state index contributed by atoms with van der Waals surface area (Å²) < 4.78 is 5.14. The summed E-state index contributed by atoms with van der Waals surface area (Å²) >= 11 is 0. The Labute approximate surface area is 111 Å². The number of carbonyl (C=O) groups excluding carboxylic acids is 1. The molecule has 0 radical (unpaired) electrons. The first-order chi connectivity index (χ1) is 9.21. The van der Waals surface area contributed by atoms with Crippen LogP contribution in [0.15, 0.2) is 42.5 Å². The summed E-state index contributed by atoms with van der Waals surface area (Å²) in [4.78, 5) is 10.8. The van der Waals surface area contributed by atoms with E-state index in [1.165, 1.54) is 0 Å². The largest absolute Gasteiger partial charge is 0.508 e. The van der Waals surface area contributed by atoms with Crippen molar-refractivity contribution in [1.82, 2.24) is 0 Å². The maximum atomic E-state index is 10.8. The summed E-state index contributed by atoms with van der Waals surface area (Å²) in [5.74, 6) is 0.886. The molecule has 0 amide bonds. The molecule has 2 aromatic carbocycles. The molecule has 96 valence electrons. The van der Waals surface area contributed by atoms with E-state index in [1.807, 2.05) is 30.4 Å². The molecule has 0 atom stereocenters. The number of methoxy groups -OCH3 is 1. The highest BCUT2D eigenvalue weighted by molar-refractivity contribution is 5.79. The fourth-order valence-electron chi connectivity index (χ4n) is 1.71. The van der Waals surface area contributed by atoms with Crippen LogP contribution in [-0.4, -0.2) is 18.5 Å². The molecule has 0 aromatic heterocycles. The Hall–Kier alpha value is -2.55. The molecule has 0 aliphatic heterocycles. The molecule has 0 bridgehead atoms. The molecular formula is C16H14O3. The van der Waals surface area contributed by atoms with Crippen LogP contribution in [0.5, 0.6) is 11.5 Å². The van der Waals surface area contributed by atoms with Crippen LogP contribution in [0, 0.1) is 0 Å². The highest BCUT2D eigenvalue weighted by atomic mass is 16.5. The van der Waals surface area contributed by atoms with Crippen LogP contribution >= 0.6 is 0 Å². The monoisotopic (exact) mass is 254 g/mol. The van der Waals surface area contributed by atoms with Gasteiger partial charge in [-0.2, -0.15) is 0 Å². The fourth-order valence-corrected chi connectivity index (χ4v) is 1.71. The maximum Gasteiger partial charge on any atom is 0.150 e. The van der Waals surface area contributed by atoms with Crippen LogP contribution in [0.2, 0.25) is 0 Å². The number of phenols is 1. The molecule has 0 aliphatic rings. The number of aromatic hydroxyl groups is 1. The molecule has 2 aromatic rings. The van der Waals surface area contributed by atoms with Gasteiger partial charge in [0.25, 0.3) is 0 Å². The molecule has 0 aliphatic carbocycles. The van der Waals surface area contributed by atoms with Gasteiger partial charge < -0.3 is 9.84 Å². The van der Waals surface area contributed by atoms with Gasteiger partial charge in [-0.05, 0) is 41.5 Å². The van der Waals surface area contributed by atoms with E-state index in [4.69, 9.17) is 4.74 Å². The molecular weight excluding hydrogens is 240 g/mol. The number of benzene rings is 2. The third kappa shape index (κ3) is 3.45. The van der Waals surface area contributed by atoms with Gasteiger partial charge in [0.2, 0.25) is 0 Å². The van der Waals surface area contributed by atoms with Crippen LogP contribution in [0.4, 0.5) is 0 Å². The average molecular weight is 254 g/mol. The van der Waals surface area contributed by atoms with Crippen molar-refractivity contribution in [3.05, 3.63) is 59.2 Å². The smallest absolute Gasteiger partial charge is 0.150 e. The minimum atomic E-state index is 0.238. The SMILES string of the molecule is COc1cc(C=O)cc(/C=C/c2ccc(O)cc2)c1. The molecule has 3 heteroatoms. The first kappa shape index (κ1) is 12.9. The van der Waals surface area contributed by atoms with Gasteiger partial charge in [0.1, 0.15) is 17.8 Å². The van der Waals surface area contributed by atoms with Gasteiger partial charge in [0.15, 0.2) is 0 Å². The zero-order chi connectivity index (χ0) is 13.7. The zero-order valence-electron chi connectivity index (χ0n) is 10.5. The lowest BCUT2D eigenvalue weighted by Gasteiger charge is -2.02. The first-order valence-corrected chi connectivity index (χ1v) is 5.82. The van der Waals surface area contributed by atoms with Gasteiger partial charge in [-0.1, -0.05) is 24.3 Å². The third-order valence-corrected chi connectivity index (χ3v) is 2.68. The van der Waals surface area contributed by atoms with E-state index >= 15 is 0 Å². The Morgan fingerprint density at radius 3 is 2.21 bits per heavy atom. The molecule has 0 heterocycles. The molecule has 19 heavy (non-hydrogen) atoms. The Bertz CT molecular complexity index is 598. The second-order valence-electron chi connectivity index (χ2n) is 4.08. The third-order valence-electron chi connectivity index (χ3n) is 2.68. The Morgan fingerprint density at radius 2 is 1.58 bits per heavy atom. The van der Waals surface area contributed by atoms with E-state index in [0.29, 0.717) is 11.3 Å². The van der Waals surface area contributed by atoms with Gasteiger partial charge in [0.05, 0.1) is 7.11 Å². The van der Waals surface area contributed by atoms with Gasteiger partial charge in [-0.25, -0.2) is 0 Å². The van der Waals surface area contributed by atoms with Gasteiger partial charge in [-0.15, -0.1) is 0 Å². The summed E-state index contributed by atoms with van der Waals surface area (Å²) in [6.07, 6.45) is 4.59. The van der Waals surface area contributed by atoms with Crippen molar-refractivity contribution in [3.63, 3.8) is 0 Å². The second-order valence-corrected chi connectivity index (χ2v) is 4.08. The molecule has 0 unspecified atom stereocenters. The van der Waals surface area contributed by atoms with E-state index in [0.717, 1.165) is 17.4 Å². The van der Waals surface area contributed by atoms with Crippen LogP contribution < -0.4 is 4.74 Å². The molecule has 0 saturated carbocycles. The Kier molecular flexibility index (Phi) is 3.98. The van der Waals surface area contributed by atoms with Crippen molar-refractivity contribution in [2.24, 2.45) is 0 Å². The summed E-state index contributed by atoms with van der Waals surface area (Å²) in [5, 5.41) is 9.20. The fraction of sp³-hybridized carbons (Fsp3) is 0.0625. The van der Waals surface area contributed by atoms with E-state index in [9.17, 15) is 9.90 Å². The van der Waals surface area contributed by atoms with Crippen molar-refractivity contribution < 1.29 is 14.6 Å². The number of carbonyl (C=O) groups is 1. The van der Waals surface area contributed by atoms with E-state index in [2.05, 4.69) is 0 Å². The normalized spacial score (nSPS) is 10.6. The van der Waals surface area contributed by atoms with E-state index in [1.54, 1.807) is 31.4 Å². The van der Waals surface area contributed by atoms with Crippen LogP contribution in [0.3, 0.4) is 0 Å². The number of hydrogen-bond acceptors (Lipinski definition) is 3. The highest BCUT2D eigenvalue weighted by Crippen LogP contribution is 2.18. The molecule has 0 fully saturated rings. The molecule has 1 N–H and O–H groups in total. The minimum Gasteiger partial charge on any atom is -0.508 e. The summed E-state index contributed by atoms with van der Waals surface area (Å²) in [6.45, 7) is 0. The number of aldehydes is 1. The number of phenolic OH excluding ortho intramolecular Hbond substituents is 1. The van der Waals surface area contributed by atoms with Crippen molar-refractivity contribution in [1.29, 1.82) is 0 Å². The number of ether oxygens (including phenoxy) is 1. The van der Waals surface area contributed by atoms with Crippen molar-refractivity contribution in [2.75, 3.05) is 7.11 Å². The maximum absolute atomic E-state index is 10.8. The van der Waals surface area contributed by atoms with Crippen molar-refractivity contribution in [3.8, 4) is 11.5 Å². The lowest BCUT2D eigenvalue weighted by atomic mass is 10.1. The zero-order valence-corrected chi connectivity index (χ0v) is 10.5. The van der Waals surface area contributed by atoms with Crippen LogP contribution in [0.1, 0.15) is 21.5 Å². The Balaban J connectivity index is 2.27. The lowest BCUT2D eigenvalue weighted by molar-refractivity contribution is 0.112. The highest BCUT2D eigenvalue weighted by Gasteiger charge is 1.98. The topological polar surface area (TPSA) is 46.5 Å². The van der Waals surface area contributed by atoms with Crippen LogP contribution in [-0.2, 0) is 0 Å². The standard InChI is InChI=1S/C16H14O3/c1-19-16-9-13(8-14(10-16)11-17)3-2-12-4-6-15(18)7-5-12/h2-11,18H,1H3/b3-2+. The second kappa shape index (κ2) is 5.87. The lowest BCUT2D eigenvalue weighted by Crippen LogP contribution is -1.87. The van der Waals surface area contributed by atoms with Crippen LogP contribution in [0.25, 0.3) is 12.2 Å². The van der Waals surface area contributed by atoms with Gasteiger partial charge >= 0.3 is 0 Å². The minimum absolute atomic E-state index is 0.238. The summed E-state index contributed by atoms with van der Waals surface area (Å²) in [7, 11) is 1.57. The molecule has 2 rings (SSSR count). The van der Waals surface area contributed by atoms with Crippen molar-refractivity contribution in [2.45, 2.75) is 0 Å². The molecule has 0 spiro atoms. The summed E-state index contributed by atoms with van der Waals surface area (Å²) in [5.41, 5.74) is 2.42. The number of rotatable bonds is 4. The summed E-state index contributed by atoms with van der Waals surface area (Å²) in [6, 6.07) is 12.2. The average Bonchev–Trinajstić information content (AvgIpc) is 2.46. The van der Waals surface area contributed by atoms with E-state index < -0.39 is 0 Å². The quantitative estimate of drug-likeness (QED) is 0.672. The first-order valence-electron chi connectivity index (χ1n) is 5.82. The molecule has 3 nitrogen and oxygen atoms in total. The van der Waals surface area contributed by atoms with Gasteiger partial charge in [-0.3, -0.25) is 4.79 Å². The van der Waals surface area contributed by atoms with Crippen molar-refractivity contribution >= 4 is 18.4 Å². The molecule has 0 saturated heterocycles. The number of hydrogen-bond donors (Lipinski definition) is 1. The Morgan fingerprint density at radius 1 is 0.947 bits per heavy atom.